The van der Waals surface area contributed by atoms with Crippen molar-refractivity contribution >= 4 is 0 Å². The van der Waals surface area contributed by atoms with Crippen LogP contribution in [0.5, 0.6) is 0 Å². The Bertz CT molecular complexity index is 152. The lowest BCUT2D eigenvalue weighted by Crippen LogP contribution is -2.23. The standard InChI is InChI=1S/C9H18N2/c1-8(10-2)6-9-4-5-11(3)7-9/h4,8,10H,5-7H2,1-3H3. The highest BCUT2D eigenvalue weighted by molar-refractivity contribution is 5.12. The van der Waals surface area contributed by atoms with E-state index in [4.69, 9.17) is 0 Å². The summed E-state index contributed by atoms with van der Waals surface area (Å²) in [7, 11) is 4.18. The number of nitrogens with one attached hydrogen (secondary N) is 1. The summed E-state index contributed by atoms with van der Waals surface area (Å²) in [6.07, 6.45) is 3.54. The Morgan fingerprint density at radius 2 is 2.45 bits per heavy atom. The number of rotatable bonds is 3. The fourth-order valence-corrected chi connectivity index (χ4v) is 1.40. The van der Waals surface area contributed by atoms with Gasteiger partial charge in [-0.15, -0.1) is 0 Å². The van der Waals surface area contributed by atoms with E-state index in [0.29, 0.717) is 6.04 Å². The van der Waals surface area contributed by atoms with Crippen molar-refractivity contribution in [3.05, 3.63) is 11.6 Å². The topological polar surface area (TPSA) is 15.3 Å². The van der Waals surface area contributed by atoms with Gasteiger partial charge in [0.25, 0.3) is 0 Å². The predicted octanol–water partition coefficient (Wildman–Crippen LogP) is 0.856. The molecule has 64 valence electrons. The molecule has 1 rings (SSSR count). The monoisotopic (exact) mass is 154 g/mol. The third-order valence-electron chi connectivity index (χ3n) is 2.23. The van der Waals surface area contributed by atoms with Crippen molar-refractivity contribution in [2.24, 2.45) is 0 Å². The molecule has 0 radical (unpaired) electrons. The van der Waals surface area contributed by atoms with E-state index in [9.17, 15) is 0 Å². The number of hydrogen-bond donors (Lipinski definition) is 1. The van der Waals surface area contributed by atoms with Crippen LogP contribution in [0.4, 0.5) is 0 Å². The molecule has 2 nitrogen and oxygen atoms in total. The van der Waals surface area contributed by atoms with Gasteiger partial charge in [0.2, 0.25) is 0 Å². The van der Waals surface area contributed by atoms with Crippen LogP contribution in [0.25, 0.3) is 0 Å². The highest BCUT2D eigenvalue weighted by Crippen LogP contribution is 2.12. The summed E-state index contributed by atoms with van der Waals surface area (Å²) in [5.74, 6) is 0. The summed E-state index contributed by atoms with van der Waals surface area (Å²) in [4.78, 5) is 2.33. The lowest BCUT2D eigenvalue weighted by molar-refractivity contribution is 0.422. The first-order valence-corrected chi connectivity index (χ1v) is 4.26. The maximum atomic E-state index is 3.25. The molecule has 0 aromatic heterocycles. The van der Waals surface area contributed by atoms with Crippen molar-refractivity contribution in [2.45, 2.75) is 19.4 Å². The Morgan fingerprint density at radius 1 is 1.73 bits per heavy atom. The minimum atomic E-state index is 0.618. The van der Waals surface area contributed by atoms with Crippen molar-refractivity contribution in [3.63, 3.8) is 0 Å². The van der Waals surface area contributed by atoms with Crippen LogP contribution in [-0.2, 0) is 0 Å². The van der Waals surface area contributed by atoms with Gasteiger partial charge in [0.15, 0.2) is 0 Å². The van der Waals surface area contributed by atoms with Crippen LogP contribution >= 0.6 is 0 Å². The van der Waals surface area contributed by atoms with Crippen LogP contribution in [0.15, 0.2) is 11.6 Å². The molecule has 1 aliphatic rings. The van der Waals surface area contributed by atoms with Gasteiger partial charge in [0.05, 0.1) is 0 Å². The van der Waals surface area contributed by atoms with Crippen LogP contribution in [0.3, 0.4) is 0 Å². The summed E-state index contributed by atoms with van der Waals surface area (Å²) in [6.45, 7) is 4.51. The van der Waals surface area contributed by atoms with Crippen molar-refractivity contribution in [1.29, 1.82) is 0 Å². The molecule has 0 bridgehead atoms. The van der Waals surface area contributed by atoms with E-state index < -0.39 is 0 Å². The molecule has 1 N–H and O–H groups in total. The highest BCUT2D eigenvalue weighted by Gasteiger charge is 2.11. The van der Waals surface area contributed by atoms with Crippen molar-refractivity contribution in [2.75, 3.05) is 27.2 Å². The Balaban J connectivity index is 2.27. The molecule has 0 amide bonds. The molecule has 2 heteroatoms. The number of likely N-dealkylation sites (N-methyl/N-ethyl adjacent to an activating group) is 1. The summed E-state index contributed by atoms with van der Waals surface area (Å²) in [6, 6.07) is 0.618. The smallest absolute Gasteiger partial charge is 0.0194 e. The third-order valence-corrected chi connectivity index (χ3v) is 2.23. The van der Waals surface area contributed by atoms with E-state index in [0.717, 1.165) is 13.1 Å². The summed E-state index contributed by atoms with van der Waals surface area (Å²) >= 11 is 0. The Labute approximate surface area is 69.3 Å². The zero-order valence-electron chi connectivity index (χ0n) is 7.72. The lowest BCUT2D eigenvalue weighted by Gasteiger charge is -2.12. The molecule has 1 heterocycles. The third kappa shape index (κ3) is 2.64. The molecule has 0 aromatic carbocycles. The molecule has 0 spiro atoms. The quantitative estimate of drug-likeness (QED) is 0.606. The average Bonchev–Trinajstić information content (AvgIpc) is 2.35. The fraction of sp³-hybridized carbons (Fsp3) is 0.778. The van der Waals surface area contributed by atoms with Crippen LogP contribution in [0.1, 0.15) is 13.3 Å². The van der Waals surface area contributed by atoms with Gasteiger partial charge >= 0.3 is 0 Å². The molecule has 0 aliphatic carbocycles. The van der Waals surface area contributed by atoms with Gasteiger partial charge in [0.1, 0.15) is 0 Å². The largest absolute Gasteiger partial charge is 0.317 e. The molecule has 1 unspecified atom stereocenters. The Kier molecular flexibility index (Phi) is 3.09. The number of nitrogens with zero attached hydrogens (tertiary/aromatic N) is 1. The van der Waals surface area contributed by atoms with Gasteiger partial charge in [-0.1, -0.05) is 11.6 Å². The van der Waals surface area contributed by atoms with E-state index in [1.807, 2.05) is 7.05 Å². The minimum Gasteiger partial charge on any atom is -0.317 e. The van der Waals surface area contributed by atoms with Crippen LogP contribution in [-0.4, -0.2) is 38.1 Å². The second-order valence-corrected chi connectivity index (χ2v) is 3.45. The van der Waals surface area contributed by atoms with E-state index in [1.54, 1.807) is 5.57 Å². The Morgan fingerprint density at radius 3 is 2.91 bits per heavy atom. The van der Waals surface area contributed by atoms with Crippen LogP contribution in [0, 0.1) is 0 Å². The second-order valence-electron chi connectivity index (χ2n) is 3.45. The van der Waals surface area contributed by atoms with Gasteiger partial charge < -0.3 is 5.32 Å². The zero-order valence-corrected chi connectivity index (χ0v) is 7.72. The maximum absolute atomic E-state index is 3.25. The Hall–Kier alpha value is -0.340. The molecular weight excluding hydrogens is 136 g/mol. The first-order valence-electron chi connectivity index (χ1n) is 4.26. The molecule has 1 aliphatic heterocycles. The van der Waals surface area contributed by atoms with E-state index in [2.05, 4.69) is 30.3 Å². The molecule has 0 fully saturated rings. The highest BCUT2D eigenvalue weighted by atomic mass is 15.1. The normalized spacial score (nSPS) is 21.9. The zero-order chi connectivity index (χ0) is 8.27. The molecular formula is C9H18N2. The van der Waals surface area contributed by atoms with Gasteiger partial charge in [-0.25, -0.2) is 0 Å². The maximum Gasteiger partial charge on any atom is 0.0194 e. The van der Waals surface area contributed by atoms with Gasteiger partial charge in [-0.2, -0.15) is 0 Å². The van der Waals surface area contributed by atoms with Crippen molar-refractivity contribution in [3.8, 4) is 0 Å². The molecule has 0 saturated carbocycles. The van der Waals surface area contributed by atoms with Gasteiger partial charge in [-0.3, -0.25) is 4.90 Å². The molecule has 11 heavy (non-hydrogen) atoms. The molecule has 0 saturated heterocycles. The second kappa shape index (κ2) is 3.88. The summed E-state index contributed by atoms with van der Waals surface area (Å²) in [5.41, 5.74) is 1.58. The van der Waals surface area contributed by atoms with Crippen LogP contribution < -0.4 is 5.32 Å². The number of hydrogen-bond acceptors (Lipinski definition) is 2. The summed E-state index contributed by atoms with van der Waals surface area (Å²) in [5, 5.41) is 3.25. The van der Waals surface area contributed by atoms with Crippen molar-refractivity contribution in [1.82, 2.24) is 10.2 Å². The van der Waals surface area contributed by atoms with Gasteiger partial charge in [-0.05, 0) is 27.4 Å². The molecule has 0 aromatic rings. The summed E-state index contributed by atoms with van der Waals surface area (Å²) < 4.78 is 0. The fourth-order valence-electron chi connectivity index (χ4n) is 1.40. The van der Waals surface area contributed by atoms with E-state index in [1.165, 1.54) is 6.42 Å². The van der Waals surface area contributed by atoms with Crippen molar-refractivity contribution < 1.29 is 0 Å². The predicted molar refractivity (Wildman–Crippen MR) is 48.7 cm³/mol. The van der Waals surface area contributed by atoms with E-state index in [-0.39, 0.29) is 0 Å². The van der Waals surface area contributed by atoms with E-state index >= 15 is 0 Å². The minimum absolute atomic E-state index is 0.618. The first kappa shape index (κ1) is 8.75. The van der Waals surface area contributed by atoms with Gasteiger partial charge in [0, 0.05) is 19.1 Å². The SMILES string of the molecule is CNC(C)CC1=CCN(C)C1. The first-order chi connectivity index (χ1) is 5.22. The molecule has 1 atom stereocenters. The lowest BCUT2D eigenvalue weighted by atomic mass is 10.1. The van der Waals surface area contributed by atoms with Crippen LogP contribution in [0.2, 0.25) is 0 Å². The average molecular weight is 154 g/mol.